The van der Waals surface area contributed by atoms with Crippen molar-refractivity contribution in [1.29, 1.82) is 0 Å². The number of unbranched alkanes of at least 4 members (excludes halogenated alkanes) is 7. The van der Waals surface area contributed by atoms with Gasteiger partial charge in [0, 0.05) is 5.56 Å². The van der Waals surface area contributed by atoms with Crippen molar-refractivity contribution in [3.05, 3.63) is 53.6 Å². The minimum Gasteiger partial charge on any atom is -0.494 e. The normalized spacial score (nSPS) is 17.9. The fraction of sp³-hybridized carbons (Fsp3) is 0.636. The van der Waals surface area contributed by atoms with E-state index in [-0.39, 0.29) is 0 Å². The second-order valence-corrected chi connectivity index (χ2v) is 11.0. The van der Waals surface area contributed by atoms with Gasteiger partial charge in [0.05, 0.1) is 6.61 Å². The summed E-state index contributed by atoms with van der Waals surface area (Å²) in [4.78, 5) is 0. The monoisotopic (exact) mass is 498 g/mol. The van der Waals surface area contributed by atoms with Crippen molar-refractivity contribution in [3.8, 4) is 16.9 Å². The van der Waals surface area contributed by atoms with Crippen LogP contribution in [0.15, 0.2) is 36.4 Å². The first kappa shape index (κ1) is 28.7. The number of halogens is 2. The van der Waals surface area contributed by atoms with E-state index in [4.69, 9.17) is 4.74 Å². The molecule has 1 fully saturated rings. The fourth-order valence-electron chi connectivity index (χ4n) is 5.66. The van der Waals surface area contributed by atoms with Gasteiger partial charge in [-0.05, 0) is 54.4 Å². The Bertz CT molecular complexity index is 868. The van der Waals surface area contributed by atoms with E-state index in [9.17, 15) is 8.78 Å². The summed E-state index contributed by atoms with van der Waals surface area (Å²) in [5.74, 6) is 0.900. The van der Waals surface area contributed by atoms with Crippen LogP contribution in [0, 0.1) is 23.5 Å². The van der Waals surface area contributed by atoms with Crippen molar-refractivity contribution < 1.29 is 13.5 Å². The lowest BCUT2D eigenvalue weighted by Gasteiger charge is -2.28. The average molecular weight is 499 g/mol. The molecule has 0 bridgehead atoms. The summed E-state index contributed by atoms with van der Waals surface area (Å²) in [6, 6.07) is 10.8. The predicted molar refractivity (Wildman–Crippen MR) is 149 cm³/mol. The van der Waals surface area contributed by atoms with Crippen molar-refractivity contribution in [2.75, 3.05) is 6.61 Å². The maximum atomic E-state index is 15.0. The zero-order chi connectivity index (χ0) is 25.6. The average Bonchev–Trinajstić information content (AvgIpc) is 2.91. The maximum absolute atomic E-state index is 15.0. The molecule has 0 spiro atoms. The SMILES string of the molecule is CCCCCCCC[C@H]1CC[C@H](CCc2ccc(-c3ccc(OCCCCC)cc3)c(F)c2F)CC1. The maximum Gasteiger partial charge on any atom is 0.166 e. The third-order valence-corrected chi connectivity index (χ3v) is 8.10. The number of benzene rings is 2. The molecule has 2 aromatic carbocycles. The van der Waals surface area contributed by atoms with Gasteiger partial charge in [-0.25, -0.2) is 8.78 Å². The third kappa shape index (κ3) is 9.20. The second-order valence-electron chi connectivity index (χ2n) is 11.0. The zero-order valence-corrected chi connectivity index (χ0v) is 22.8. The van der Waals surface area contributed by atoms with Crippen molar-refractivity contribution in [3.63, 3.8) is 0 Å². The molecule has 3 heteroatoms. The molecule has 1 aliphatic rings. The number of ether oxygens (including phenoxy) is 1. The van der Waals surface area contributed by atoms with Crippen LogP contribution in [0.2, 0.25) is 0 Å². The van der Waals surface area contributed by atoms with E-state index in [0.29, 0.717) is 35.6 Å². The van der Waals surface area contributed by atoms with Gasteiger partial charge in [0.1, 0.15) is 5.75 Å². The number of hydrogen-bond donors (Lipinski definition) is 0. The van der Waals surface area contributed by atoms with Gasteiger partial charge in [-0.1, -0.05) is 122 Å². The number of aryl methyl sites for hydroxylation is 1. The summed E-state index contributed by atoms with van der Waals surface area (Å²) in [5, 5.41) is 0. The van der Waals surface area contributed by atoms with Crippen LogP contribution in [0.4, 0.5) is 8.78 Å². The smallest absolute Gasteiger partial charge is 0.166 e. The Morgan fingerprint density at radius 3 is 1.97 bits per heavy atom. The van der Waals surface area contributed by atoms with E-state index in [1.54, 1.807) is 12.1 Å². The summed E-state index contributed by atoms with van der Waals surface area (Å²) in [6.07, 6.45) is 19.7. The third-order valence-electron chi connectivity index (χ3n) is 8.10. The fourth-order valence-corrected chi connectivity index (χ4v) is 5.66. The summed E-state index contributed by atoms with van der Waals surface area (Å²) in [5.41, 5.74) is 1.52. The van der Waals surface area contributed by atoms with E-state index < -0.39 is 11.6 Å². The highest BCUT2D eigenvalue weighted by Gasteiger charge is 2.22. The van der Waals surface area contributed by atoms with Gasteiger partial charge in [0.2, 0.25) is 0 Å². The Morgan fingerprint density at radius 2 is 1.28 bits per heavy atom. The Morgan fingerprint density at radius 1 is 0.667 bits per heavy atom. The Hall–Kier alpha value is -1.90. The summed E-state index contributed by atoms with van der Waals surface area (Å²) in [6.45, 7) is 5.12. The lowest BCUT2D eigenvalue weighted by molar-refractivity contribution is 0.248. The Balaban J connectivity index is 1.43. The molecule has 36 heavy (non-hydrogen) atoms. The van der Waals surface area contributed by atoms with Crippen LogP contribution in [-0.4, -0.2) is 6.61 Å². The minimum atomic E-state index is -0.730. The quantitative estimate of drug-likeness (QED) is 0.209. The molecule has 0 amide bonds. The van der Waals surface area contributed by atoms with Gasteiger partial charge >= 0.3 is 0 Å². The largest absolute Gasteiger partial charge is 0.494 e. The molecular formula is C33H48F2O. The number of hydrogen-bond acceptors (Lipinski definition) is 1. The van der Waals surface area contributed by atoms with Crippen LogP contribution >= 0.6 is 0 Å². The van der Waals surface area contributed by atoms with Gasteiger partial charge < -0.3 is 4.74 Å². The first-order valence-electron chi connectivity index (χ1n) is 14.8. The van der Waals surface area contributed by atoms with Crippen LogP contribution in [0.1, 0.15) is 116 Å². The molecule has 1 aliphatic carbocycles. The molecule has 1 saturated carbocycles. The first-order valence-corrected chi connectivity index (χ1v) is 14.8. The lowest BCUT2D eigenvalue weighted by atomic mass is 9.77. The summed E-state index contributed by atoms with van der Waals surface area (Å²) >= 11 is 0. The molecule has 0 atom stereocenters. The van der Waals surface area contributed by atoms with Crippen molar-refractivity contribution >= 4 is 0 Å². The topological polar surface area (TPSA) is 9.23 Å². The van der Waals surface area contributed by atoms with Crippen molar-refractivity contribution in [1.82, 2.24) is 0 Å². The zero-order valence-electron chi connectivity index (χ0n) is 22.8. The Kier molecular flexibility index (Phi) is 12.8. The van der Waals surface area contributed by atoms with Crippen molar-refractivity contribution in [2.24, 2.45) is 11.8 Å². The van der Waals surface area contributed by atoms with Crippen molar-refractivity contribution in [2.45, 2.75) is 117 Å². The molecule has 200 valence electrons. The lowest BCUT2D eigenvalue weighted by Crippen LogP contribution is -2.15. The molecule has 0 radical (unpaired) electrons. The predicted octanol–water partition coefficient (Wildman–Crippen LogP) is 10.7. The van der Waals surface area contributed by atoms with E-state index in [1.807, 2.05) is 24.3 Å². The molecule has 0 N–H and O–H groups in total. The van der Waals surface area contributed by atoms with Crippen LogP contribution in [-0.2, 0) is 6.42 Å². The molecule has 2 aromatic rings. The minimum absolute atomic E-state index is 0.323. The molecule has 3 rings (SSSR count). The van der Waals surface area contributed by atoms with Crippen LogP contribution in [0.25, 0.3) is 11.1 Å². The van der Waals surface area contributed by atoms with Crippen LogP contribution in [0.3, 0.4) is 0 Å². The molecular weight excluding hydrogens is 450 g/mol. The molecule has 0 aliphatic heterocycles. The second kappa shape index (κ2) is 16.0. The van der Waals surface area contributed by atoms with E-state index in [0.717, 1.165) is 37.4 Å². The molecule has 0 saturated heterocycles. The first-order chi connectivity index (χ1) is 17.6. The van der Waals surface area contributed by atoms with Gasteiger partial charge in [-0.3, -0.25) is 0 Å². The Labute approximate surface area is 219 Å². The van der Waals surface area contributed by atoms with Crippen LogP contribution < -0.4 is 4.74 Å². The van der Waals surface area contributed by atoms with Gasteiger partial charge in [0.15, 0.2) is 11.6 Å². The highest BCUT2D eigenvalue weighted by molar-refractivity contribution is 5.65. The molecule has 1 nitrogen and oxygen atoms in total. The molecule has 0 unspecified atom stereocenters. The summed E-state index contributed by atoms with van der Waals surface area (Å²) < 4.78 is 35.6. The van der Waals surface area contributed by atoms with E-state index in [2.05, 4.69) is 13.8 Å². The summed E-state index contributed by atoms with van der Waals surface area (Å²) in [7, 11) is 0. The standard InChI is InChI=1S/C33H48F2O/c1-3-5-7-8-9-10-12-26-13-15-27(16-14-26)17-18-29-21-24-31(33(35)32(29)34)28-19-22-30(23-20-28)36-25-11-6-4-2/h19-24,26-27H,3-18,25H2,1-2H3/t26-,27-. The molecule has 0 heterocycles. The molecule has 0 aromatic heterocycles. The van der Waals surface area contributed by atoms with Gasteiger partial charge in [-0.2, -0.15) is 0 Å². The highest BCUT2D eigenvalue weighted by atomic mass is 19.2. The van der Waals surface area contributed by atoms with Crippen LogP contribution in [0.5, 0.6) is 5.75 Å². The van der Waals surface area contributed by atoms with E-state index in [1.165, 1.54) is 70.6 Å². The number of rotatable bonds is 16. The van der Waals surface area contributed by atoms with Gasteiger partial charge in [-0.15, -0.1) is 0 Å². The van der Waals surface area contributed by atoms with E-state index >= 15 is 0 Å². The van der Waals surface area contributed by atoms with Gasteiger partial charge in [0.25, 0.3) is 0 Å². The highest BCUT2D eigenvalue weighted by Crippen LogP contribution is 2.35.